The molecule has 1 aromatic rings. The van der Waals surface area contributed by atoms with Crippen molar-refractivity contribution in [3.63, 3.8) is 0 Å². The first kappa shape index (κ1) is 9.99. The Kier molecular flexibility index (Phi) is 2.88. The van der Waals surface area contributed by atoms with E-state index in [0.717, 1.165) is 5.56 Å². The first-order valence-electron chi connectivity index (χ1n) is 3.97. The Labute approximate surface area is 78.8 Å². The molecule has 0 bridgehead atoms. The van der Waals surface area contributed by atoms with Crippen LogP contribution < -0.4 is 0 Å². The van der Waals surface area contributed by atoms with Crippen LogP contribution in [0.4, 0.5) is 0 Å². The third-order valence-electron chi connectivity index (χ3n) is 1.67. The lowest BCUT2D eigenvalue weighted by atomic mass is 10.2. The molecular formula is C10H12O2S. The zero-order valence-corrected chi connectivity index (χ0v) is 8.51. The summed E-state index contributed by atoms with van der Waals surface area (Å²) < 4.78 is 22.2. The molecule has 3 heteroatoms. The van der Waals surface area contributed by atoms with Crippen molar-refractivity contribution in [1.29, 1.82) is 0 Å². The number of benzene rings is 1. The highest BCUT2D eigenvalue weighted by atomic mass is 32.2. The van der Waals surface area contributed by atoms with E-state index in [9.17, 15) is 8.42 Å². The summed E-state index contributed by atoms with van der Waals surface area (Å²) in [6, 6.07) is 6.81. The van der Waals surface area contributed by atoms with E-state index < -0.39 is 9.84 Å². The van der Waals surface area contributed by atoms with Gasteiger partial charge in [0.15, 0.2) is 9.84 Å². The summed E-state index contributed by atoms with van der Waals surface area (Å²) in [6.45, 7) is 1.92. The summed E-state index contributed by atoms with van der Waals surface area (Å²) in [6.07, 6.45) is 5.04. The van der Waals surface area contributed by atoms with Gasteiger partial charge in [-0.25, -0.2) is 8.42 Å². The average molecular weight is 196 g/mol. The van der Waals surface area contributed by atoms with E-state index in [4.69, 9.17) is 0 Å². The SMILES string of the molecule is CC=Cc1ccc(S(C)(=O)=O)cc1. The minimum atomic E-state index is -3.06. The van der Waals surface area contributed by atoms with E-state index in [2.05, 4.69) is 0 Å². The standard InChI is InChI=1S/C10H12O2S/c1-3-4-9-5-7-10(8-6-9)13(2,11)12/h3-8H,1-2H3. The smallest absolute Gasteiger partial charge is 0.175 e. The highest BCUT2D eigenvalue weighted by Crippen LogP contribution is 2.10. The fourth-order valence-electron chi connectivity index (χ4n) is 1.02. The lowest BCUT2D eigenvalue weighted by molar-refractivity contribution is 0.602. The van der Waals surface area contributed by atoms with Crippen LogP contribution >= 0.6 is 0 Å². The maximum atomic E-state index is 11.1. The maximum absolute atomic E-state index is 11.1. The molecule has 70 valence electrons. The fraction of sp³-hybridized carbons (Fsp3) is 0.200. The largest absolute Gasteiger partial charge is 0.224 e. The Morgan fingerprint density at radius 2 is 1.69 bits per heavy atom. The van der Waals surface area contributed by atoms with Crippen molar-refractivity contribution in [3.05, 3.63) is 35.9 Å². The molecule has 0 fully saturated rings. The lowest BCUT2D eigenvalue weighted by Gasteiger charge is -1.97. The number of hydrogen-bond donors (Lipinski definition) is 0. The molecule has 0 saturated carbocycles. The lowest BCUT2D eigenvalue weighted by Crippen LogP contribution is -1.95. The summed E-state index contributed by atoms with van der Waals surface area (Å²) >= 11 is 0. The predicted molar refractivity (Wildman–Crippen MR) is 54.3 cm³/mol. The van der Waals surface area contributed by atoms with Crippen LogP contribution in [0.15, 0.2) is 35.2 Å². The van der Waals surface area contributed by atoms with Crippen molar-refractivity contribution >= 4 is 15.9 Å². The summed E-state index contributed by atoms with van der Waals surface area (Å²) in [5.41, 5.74) is 1.01. The Hall–Kier alpha value is -1.09. The Bertz CT molecular complexity index is 399. The summed E-state index contributed by atoms with van der Waals surface area (Å²) in [7, 11) is -3.06. The monoisotopic (exact) mass is 196 g/mol. The second kappa shape index (κ2) is 3.75. The van der Waals surface area contributed by atoms with Gasteiger partial charge in [0.25, 0.3) is 0 Å². The molecule has 0 heterocycles. The minimum Gasteiger partial charge on any atom is -0.224 e. The van der Waals surface area contributed by atoms with Gasteiger partial charge in [0, 0.05) is 6.26 Å². The van der Waals surface area contributed by atoms with Crippen molar-refractivity contribution in [1.82, 2.24) is 0 Å². The van der Waals surface area contributed by atoms with E-state index in [1.54, 1.807) is 24.3 Å². The molecule has 0 aliphatic carbocycles. The zero-order chi connectivity index (χ0) is 9.90. The van der Waals surface area contributed by atoms with Crippen LogP contribution in [0.2, 0.25) is 0 Å². The van der Waals surface area contributed by atoms with Gasteiger partial charge < -0.3 is 0 Å². The van der Waals surface area contributed by atoms with Crippen molar-refractivity contribution in [3.8, 4) is 0 Å². The molecule has 0 saturated heterocycles. The van der Waals surface area contributed by atoms with Gasteiger partial charge in [-0.2, -0.15) is 0 Å². The van der Waals surface area contributed by atoms with Gasteiger partial charge in [0.2, 0.25) is 0 Å². The first-order chi connectivity index (χ1) is 6.04. The normalized spacial score (nSPS) is 12.2. The van der Waals surface area contributed by atoms with Crippen molar-refractivity contribution in [2.75, 3.05) is 6.26 Å². The van der Waals surface area contributed by atoms with Gasteiger partial charge in [-0.05, 0) is 24.6 Å². The van der Waals surface area contributed by atoms with Crippen LogP contribution in [0.25, 0.3) is 6.08 Å². The minimum absolute atomic E-state index is 0.362. The second-order valence-corrected chi connectivity index (χ2v) is 4.86. The molecule has 0 radical (unpaired) electrons. The van der Waals surface area contributed by atoms with Crippen LogP contribution in [-0.2, 0) is 9.84 Å². The van der Waals surface area contributed by atoms with Crippen LogP contribution in [0.1, 0.15) is 12.5 Å². The van der Waals surface area contributed by atoms with Gasteiger partial charge in [0.1, 0.15) is 0 Å². The van der Waals surface area contributed by atoms with Crippen molar-refractivity contribution < 1.29 is 8.42 Å². The molecule has 0 amide bonds. The molecule has 1 aromatic carbocycles. The van der Waals surface area contributed by atoms with E-state index in [1.165, 1.54) is 6.26 Å². The predicted octanol–water partition coefficient (Wildman–Crippen LogP) is 2.12. The zero-order valence-electron chi connectivity index (χ0n) is 7.69. The molecule has 0 N–H and O–H groups in total. The van der Waals surface area contributed by atoms with E-state index in [-0.39, 0.29) is 0 Å². The Morgan fingerprint density at radius 3 is 2.08 bits per heavy atom. The molecule has 0 aliphatic heterocycles. The quantitative estimate of drug-likeness (QED) is 0.726. The third kappa shape index (κ3) is 2.70. The second-order valence-electron chi connectivity index (χ2n) is 2.84. The van der Waals surface area contributed by atoms with Crippen LogP contribution in [0.3, 0.4) is 0 Å². The number of allylic oxidation sites excluding steroid dienone is 1. The van der Waals surface area contributed by atoms with Crippen LogP contribution in [0, 0.1) is 0 Å². The molecule has 13 heavy (non-hydrogen) atoms. The molecule has 0 spiro atoms. The van der Waals surface area contributed by atoms with E-state index in [1.807, 2.05) is 19.1 Å². The molecule has 0 atom stereocenters. The molecule has 0 aliphatic rings. The average Bonchev–Trinajstić information content (AvgIpc) is 2.04. The fourth-order valence-corrected chi connectivity index (χ4v) is 1.65. The number of sulfone groups is 1. The Morgan fingerprint density at radius 1 is 1.15 bits per heavy atom. The molecule has 1 rings (SSSR count). The summed E-state index contributed by atoms with van der Waals surface area (Å²) in [5, 5.41) is 0. The Balaban J connectivity index is 3.08. The molecule has 0 aromatic heterocycles. The van der Waals surface area contributed by atoms with Crippen molar-refractivity contribution in [2.24, 2.45) is 0 Å². The highest BCUT2D eigenvalue weighted by molar-refractivity contribution is 7.90. The van der Waals surface area contributed by atoms with Gasteiger partial charge in [-0.1, -0.05) is 24.3 Å². The van der Waals surface area contributed by atoms with E-state index >= 15 is 0 Å². The topological polar surface area (TPSA) is 34.1 Å². The first-order valence-corrected chi connectivity index (χ1v) is 5.86. The summed E-state index contributed by atoms with van der Waals surface area (Å²) in [4.78, 5) is 0.362. The molecular weight excluding hydrogens is 184 g/mol. The van der Waals surface area contributed by atoms with Gasteiger partial charge in [0.05, 0.1) is 4.90 Å². The maximum Gasteiger partial charge on any atom is 0.175 e. The van der Waals surface area contributed by atoms with Gasteiger partial charge in [-0.15, -0.1) is 0 Å². The van der Waals surface area contributed by atoms with Gasteiger partial charge >= 0.3 is 0 Å². The van der Waals surface area contributed by atoms with Crippen LogP contribution in [-0.4, -0.2) is 14.7 Å². The van der Waals surface area contributed by atoms with E-state index in [0.29, 0.717) is 4.90 Å². The van der Waals surface area contributed by atoms with Gasteiger partial charge in [-0.3, -0.25) is 0 Å². The summed E-state index contributed by atoms with van der Waals surface area (Å²) in [5.74, 6) is 0. The molecule has 2 nitrogen and oxygen atoms in total. The number of hydrogen-bond acceptors (Lipinski definition) is 2. The highest BCUT2D eigenvalue weighted by Gasteiger charge is 2.04. The number of rotatable bonds is 2. The van der Waals surface area contributed by atoms with Crippen LogP contribution in [0.5, 0.6) is 0 Å². The third-order valence-corrected chi connectivity index (χ3v) is 2.80. The molecule has 0 unspecified atom stereocenters. The van der Waals surface area contributed by atoms with Crippen molar-refractivity contribution in [2.45, 2.75) is 11.8 Å².